The lowest BCUT2D eigenvalue weighted by Gasteiger charge is -2.64. The summed E-state index contributed by atoms with van der Waals surface area (Å²) in [7, 11) is 0. The molecule has 0 bridgehead atoms. The highest BCUT2D eigenvalue weighted by Crippen LogP contribution is 2.69. The zero-order chi connectivity index (χ0) is 28.6. The number of hydrogen-bond acceptors (Lipinski definition) is 6. The number of fused-ring (bicyclic) bond motifs is 9. The van der Waals surface area contributed by atoms with Gasteiger partial charge >= 0.3 is 0 Å². The summed E-state index contributed by atoms with van der Waals surface area (Å²) in [6.07, 6.45) is 2.96. The molecular formula is C32H39NO6. The van der Waals surface area contributed by atoms with Crippen molar-refractivity contribution < 1.29 is 29.6 Å². The van der Waals surface area contributed by atoms with Crippen LogP contribution in [0.2, 0.25) is 0 Å². The van der Waals surface area contributed by atoms with Gasteiger partial charge in [-0.1, -0.05) is 45.9 Å². The van der Waals surface area contributed by atoms with E-state index in [0.717, 1.165) is 33.8 Å². The number of ether oxygens (including phenoxy) is 1. The molecule has 3 aliphatic carbocycles. The topological polar surface area (TPSA) is 120 Å². The third-order valence-corrected chi connectivity index (χ3v) is 11.0. The van der Waals surface area contributed by atoms with E-state index in [0.29, 0.717) is 6.42 Å². The molecule has 1 aromatic heterocycles. The van der Waals surface area contributed by atoms with Gasteiger partial charge in [0, 0.05) is 51.3 Å². The highest BCUT2D eigenvalue weighted by molar-refractivity contribution is 6.01. The lowest BCUT2D eigenvalue weighted by atomic mass is 9.41. The van der Waals surface area contributed by atoms with Crippen LogP contribution < -0.4 is 0 Å². The van der Waals surface area contributed by atoms with E-state index in [1.54, 1.807) is 0 Å². The minimum absolute atomic E-state index is 0.0584. The molecule has 7 heteroatoms. The smallest absolute Gasteiger partial charge is 0.192 e. The van der Waals surface area contributed by atoms with E-state index in [9.17, 15) is 24.9 Å². The first-order valence-electron chi connectivity index (χ1n) is 13.9. The highest BCUT2D eigenvalue weighted by Gasteiger charge is 2.75. The maximum atomic E-state index is 14.0. The minimum atomic E-state index is -2.12. The van der Waals surface area contributed by atoms with Crippen LogP contribution in [0.3, 0.4) is 0 Å². The molecule has 0 amide bonds. The SMILES string of the molecule is C=CC(C)(C)c1cccc2[nH]c3c(c12)C[C@@H]1CC(=O)[C@@]2(O)C4=CC(=O)[C@@H](C(C)(C)O)O[C@]4(O)CC[C@]2(C)[C@@]31C. The first-order valence-corrected chi connectivity index (χ1v) is 13.9. The quantitative estimate of drug-likeness (QED) is 0.444. The van der Waals surface area contributed by atoms with Crippen molar-refractivity contribution in [2.45, 2.75) is 101 Å². The second-order valence-corrected chi connectivity index (χ2v) is 13.8. The number of H-pyrrole nitrogens is 1. The molecule has 1 aromatic carbocycles. The average Bonchev–Trinajstić information content (AvgIpc) is 3.36. The number of nitrogens with one attached hydrogen (secondary N) is 1. The Kier molecular flexibility index (Phi) is 5.17. The van der Waals surface area contributed by atoms with Crippen LogP contribution >= 0.6 is 0 Å². The second-order valence-electron chi connectivity index (χ2n) is 13.8. The van der Waals surface area contributed by atoms with Crippen molar-refractivity contribution in [2.24, 2.45) is 11.3 Å². The molecule has 4 N–H and O–H groups in total. The van der Waals surface area contributed by atoms with Crippen molar-refractivity contribution in [3.8, 4) is 0 Å². The largest absolute Gasteiger partial charge is 0.387 e. The number of aliphatic hydroxyl groups is 3. The van der Waals surface area contributed by atoms with Gasteiger partial charge in [0.1, 0.15) is 0 Å². The fourth-order valence-corrected chi connectivity index (χ4v) is 8.35. The summed E-state index contributed by atoms with van der Waals surface area (Å²) >= 11 is 0. The maximum Gasteiger partial charge on any atom is 0.192 e. The van der Waals surface area contributed by atoms with E-state index in [1.807, 2.05) is 19.1 Å². The Morgan fingerprint density at radius 3 is 2.44 bits per heavy atom. The van der Waals surface area contributed by atoms with Gasteiger partial charge < -0.3 is 25.0 Å². The van der Waals surface area contributed by atoms with E-state index in [4.69, 9.17) is 4.74 Å². The van der Waals surface area contributed by atoms with Crippen molar-refractivity contribution in [1.29, 1.82) is 0 Å². The van der Waals surface area contributed by atoms with Gasteiger partial charge in [-0.3, -0.25) is 9.59 Å². The summed E-state index contributed by atoms with van der Waals surface area (Å²) < 4.78 is 5.85. The van der Waals surface area contributed by atoms with Gasteiger partial charge in [-0.2, -0.15) is 0 Å². The molecule has 0 saturated heterocycles. The molecule has 1 aliphatic heterocycles. The second kappa shape index (κ2) is 7.58. The van der Waals surface area contributed by atoms with Crippen LogP contribution in [0.1, 0.15) is 77.6 Å². The van der Waals surface area contributed by atoms with Crippen LogP contribution in [-0.4, -0.2) is 55.0 Å². The standard InChI is InChI=1S/C32H39NO6/c1-8-27(2,3)19-10-9-11-20-24(19)18-14-17-15-23(35)32(38)22-16-21(34)26(28(4,5)36)39-31(22,37)13-12-29(32,6)30(17,7)25(18)33-20/h8-11,16-17,26,33,36-38H,1,12-15H2,2-7H3/t17-,26+,29-,30-,31-,32+/m1/s1. The molecule has 2 aromatic rings. The van der Waals surface area contributed by atoms with Gasteiger partial charge in [0.25, 0.3) is 0 Å². The van der Waals surface area contributed by atoms with Crippen LogP contribution in [0, 0.1) is 11.3 Å². The van der Waals surface area contributed by atoms with E-state index in [1.165, 1.54) is 13.8 Å². The number of benzene rings is 1. The van der Waals surface area contributed by atoms with Crippen LogP contribution in [0.4, 0.5) is 0 Å². The lowest BCUT2D eigenvalue weighted by Crippen LogP contribution is -2.74. The molecule has 2 heterocycles. The summed E-state index contributed by atoms with van der Waals surface area (Å²) in [5.74, 6) is -3.07. The molecule has 6 atom stereocenters. The molecule has 39 heavy (non-hydrogen) atoms. The van der Waals surface area contributed by atoms with Crippen LogP contribution in [0.15, 0.2) is 42.5 Å². The van der Waals surface area contributed by atoms with E-state index < -0.39 is 45.5 Å². The van der Waals surface area contributed by atoms with Gasteiger partial charge in [0.2, 0.25) is 0 Å². The lowest BCUT2D eigenvalue weighted by molar-refractivity contribution is -0.279. The molecule has 0 radical (unpaired) electrons. The van der Waals surface area contributed by atoms with Crippen molar-refractivity contribution >= 4 is 22.5 Å². The molecule has 0 spiro atoms. The summed E-state index contributed by atoms with van der Waals surface area (Å²) in [5, 5.41) is 35.9. The number of aromatic amines is 1. The normalized spacial score (nSPS) is 38.1. The van der Waals surface area contributed by atoms with Gasteiger partial charge in [-0.05, 0) is 55.9 Å². The molecule has 6 rings (SSSR count). The number of aromatic nitrogens is 1. The third kappa shape index (κ3) is 3.02. The summed E-state index contributed by atoms with van der Waals surface area (Å²) in [6, 6.07) is 6.22. The van der Waals surface area contributed by atoms with Crippen molar-refractivity contribution in [2.75, 3.05) is 0 Å². The fraction of sp³-hybridized carbons (Fsp3) is 0.562. The highest BCUT2D eigenvalue weighted by atomic mass is 16.6. The number of Topliss-reactive ketones (excluding diaryl/α,β-unsaturated/α-hetero) is 1. The summed E-state index contributed by atoms with van der Waals surface area (Å²) in [6.45, 7) is 15.2. The van der Waals surface area contributed by atoms with Gasteiger partial charge in [-0.15, -0.1) is 6.58 Å². The molecule has 4 aliphatic rings. The Hall–Kier alpha value is -2.58. The summed E-state index contributed by atoms with van der Waals surface area (Å²) in [5.41, 5.74) is -1.40. The molecule has 2 saturated carbocycles. The van der Waals surface area contributed by atoms with E-state index >= 15 is 0 Å². The Bertz CT molecular complexity index is 1490. The Balaban J connectivity index is 1.57. The third-order valence-electron chi connectivity index (χ3n) is 11.0. The number of rotatable bonds is 3. The van der Waals surface area contributed by atoms with Crippen LogP contribution in [0.5, 0.6) is 0 Å². The van der Waals surface area contributed by atoms with Crippen LogP contribution in [0.25, 0.3) is 10.9 Å². The average molecular weight is 534 g/mol. The minimum Gasteiger partial charge on any atom is -0.387 e. The van der Waals surface area contributed by atoms with E-state index in [2.05, 4.69) is 44.5 Å². The predicted molar refractivity (Wildman–Crippen MR) is 147 cm³/mol. The maximum absolute atomic E-state index is 14.0. The van der Waals surface area contributed by atoms with Gasteiger partial charge in [0.05, 0.1) is 5.60 Å². The van der Waals surface area contributed by atoms with Crippen LogP contribution in [-0.2, 0) is 31.6 Å². The predicted octanol–water partition coefficient (Wildman–Crippen LogP) is 3.92. The Labute approximate surface area is 228 Å². The number of ketones is 2. The Morgan fingerprint density at radius 2 is 1.79 bits per heavy atom. The van der Waals surface area contributed by atoms with Crippen molar-refractivity contribution in [3.05, 3.63) is 59.3 Å². The first-order chi connectivity index (χ1) is 18.0. The van der Waals surface area contributed by atoms with Crippen molar-refractivity contribution in [3.63, 3.8) is 0 Å². The van der Waals surface area contributed by atoms with Crippen molar-refractivity contribution in [1.82, 2.24) is 4.98 Å². The fourth-order valence-electron chi connectivity index (χ4n) is 8.35. The molecule has 2 fully saturated rings. The molecular weight excluding hydrogens is 494 g/mol. The molecule has 208 valence electrons. The molecule has 0 unspecified atom stereocenters. The van der Waals surface area contributed by atoms with Gasteiger partial charge in [0.15, 0.2) is 29.1 Å². The first kappa shape index (κ1) is 26.6. The van der Waals surface area contributed by atoms with E-state index in [-0.39, 0.29) is 36.2 Å². The summed E-state index contributed by atoms with van der Waals surface area (Å²) in [4.78, 5) is 30.8. The zero-order valence-electron chi connectivity index (χ0n) is 23.6. The number of allylic oxidation sites excluding steroid dienone is 1. The monoisotopic (exact) mass is 533 g/mol. The van der Waals surface area contributed by atoms with Gasteiger partial charge in [-0.25, -0.2) is 0 Å². The zero-order valence-corrected chi connectivity index (χ0v) is 23.6. The number of carbonyl (C=O) groups excluding carboxylic acids is 2. The number of hydrogen-bond donors (Lipinski definition) is 4. The number of carbonyl (C=O) groups is 2. The molecule has 7 nitrogen and oxygen atoms in total. The Morgan fingerprint density at radius 1 is 1.10 bits per heavy atom.